The molecule has 1 amide bonds. The van der Waals surface area contributed by atoms with Gasteiger partial charge in [-0.3, -0.25) is 9.69 Å². The van der Waals surface area contributed by atoms with Gasteiger partial charge in [-0.05, 0) is 17.5 Å². The summed E-state index contributed by atoms with van der Waals surface area (Å²) >= 11 is 0. The van der Waals surface area contributed by atoms with E-state index in [9.17, 15) is 9.90 Å². The fourth-order valence-electron chi connectivity index (χ4n) is 2.94. The van der Waals surface area contributed by atoms with Crippen LogP contribution in [0.15, 0.2) is 12.1 Å². The van der Waals surface area contributed by atoms with Crippen molar-refractivity contribution in [3.05, 3.63) is 23.3 Å². The number of methoxy groups -OCH3 is 1. The van der Waals surface area contributed by atoms with Gasteiger partial charge in [0.2, 0.25) is 5.91 Å². The topological polar surface area (TPSA) is 53.0 Å². The number of piperazine rings is 1. The summed E-state index contributed by atoms with van der Waals surface area (Å²) in [5, 5.41) is 10.7. The number of ether oxygens (including phenoxy) is 1. The molecule has 2 rings (SSSR count). The number of amides is 1. The van der Waals surface area contributed by atoms with Gasteiger partial charge >= 0.3 is 0 Å². The predicted molar refractivity (Wildman–Crippen MR) is 90.9 cm³/mol. The molecule has 1 aromatic carbocycles. The molecule has 1 saturated heterocycles. The third kappa shape index (κ3) is 4.16. The van der Waals surface area contributed by atoms with E-state index in [4.69, 9.17) is 4.74 Å². The lowest BCUT2D eigenvalue weighted by atomic mass is 9.85. The Bertz CT molecular complexity index is 570. The number of aromatic hydroxyl groups is 1. The molecule has 1 N–H and O–H groups in total. The molecule has 1 heterocycles. The summed E-state index contributed by atoms with van der Waals surface area (Å²) in [7, 11) is 1.65. The molecule has 0 saturated carbocycles. The van der Waals surface area contributed by atoms with Crippen LogP contribution in [0.25, 0.3) is 0 Å². The van der Waals surface area contributed by atoms with E-state index in [1.54, 1.807) is 14.0 Å². The molecule has 1 aliphatic heterocycles. The Morgan fingerprint density at radius 2 is 1.83 bits per heavy atom. The zero-order valence-corrected chi connectivity index (χ0v) is 14.8. The van der Waals surface area contributed by atoms with Crippen LogP contribution in [0.2, 0.25) is 0 Å². The Kier molecular flexibility index (Phi) is 5.19. The maximum absolute atomic E-state index is 11.4. The average molecular weight is 320 g/mol. The van der Waals surface area contributed by atoms with Gasteiger partial charge in [-0.15, -0.1) is 0 Å². The molecule has 0 unspecified atom stereocenters. The first-order valence-corrected chi connectivity index (χ1v) is 8.10. The summed E-state index contributed by atoms with van der Waals surface area (Å²) in [6.45, 7) is 11.6. The van der Waals surface area contributed by atoms with Crippen molar-refractivity contribution in [3.8, 4) is 11.5 Å². The third-order valence-electron chi connectivity index (χ3n) is 4.42. The number of phenolic OH excluding ortho intramolecular Hbond substituents is 1. The van der Waals surface area contributed by atoms with Gasteiger partial charge in [0.05, 0.1) is 7.11 Å². The van der Waals surface area contributed by atoms with E-state index in [1.165, 1.54) is 0 Å². The number of hydrogen-bond acceptors (Lipinski definition) is 4. The zero-order chi connectivity index (χ0) is 17.2. The van der Waals surface area contributed by atoms with Crippen LogP contribution in [-0.2, 0) is 16.8 Å². The minimum Gasteiger partial charge on any atom is -0.507 e. The van der Waals surface area contributed by atoms with Gasteiger partial charge in [0.25, 0.3) is 0 Å². The molecule has 0 bridgehead atoms. The van der Waals surface area contributed by atoms with Gasteiger partial charge in [0.15, 0.2) is 0 Å². The first kappa shape index (κ1) is 17.6. The van der Waals surface area contributed by atoms with E-state index in [1.807, 2.05) is 17.0 Å². The van der Waals surface area contributed by atoms with Gasteiger partial charge in [-0.1, -0.05) is 20.8 Å². The van der Waals surface area contributed by atoms with Gasteiger partial charge in [-0.2, -0.15) is 0 Å². The number of hydrogen-bond donors (Lipinski definition) is 1. The highest BCUT2D eigenvalue weighted by Crippen LogP contribution is 2.37. The molecule has 0 aromatic heterocycles. The van der Waals surface area contributed by atoms with Crippen LogP contribution < -0.4 is 4.74 Å². The van der Waals surface area contributed by atoms with E-state index in [2.05, 4.69) is 25.7 Å². The number of benzene rings is 1. The standard InChI is InChI=1S/C18H28N2O3/c1-13(21)20-8-6-19(7-9-20)12-14-10-15(23-5)11-16(17(14)22)18(2,3)4/h10-11,22H,6-9,12H2,1-5H3. The van der Waals surface area contributed by atoms with Crippen molar-refractivity contribution in [1.29, 1.82) is 0 Å². The highest BCUT2D eigenvalue weighted by Gasteiger charge is 2.24. The zero-order valence-electron chi connectivity index (χ0n) is 14.8. The Balaban J connectivity index is 2.18. The van der Waals surface area contributed by atoms with Crippen molar-refractivity contribution in [2.45, 2.75) is 39.7 Å². The second-order valence-electron chi connectivity index (χ2n) is 7.21. The SMILES string of the molecule is COc1cc(CN2CCN(C(C)=O)CC2)c(O)c(C(C)(C)C)c1. The summed E-state index contributed by atoms with van der Waals surface area (Å²) in [6.07, 6.45) is 0. The van der Waals surface area contributed by atoms with Crippen molar-refractivity contribution in [2.75, 3.05) is 33.3 Å². The van der Waals surface area contributed by atoms with E-state index in [0.29, 0.717) is 12.3 Å². The van der Waals surface area contributed by atoms with Crippen LogP contribution in [0.1, 0.15) is 38.8 Å². The molecule has 23 heavy (non-hydrogen) atoms. The number of nitrogens with zero attached hydrogens (tertiary/aromatic N) is 2. The average Bonchev–Trinajstić information content (AvgIpc) is 2.48. The number of carbonyl (C=O) groups excluding carboxylic acids is 1. The predicted octanol–water partition coefficient (Wildman–Crippen LogP) is 2.36. The van der Waals surface area contributed by atoms with E-state index in [0.717, 1.165) is 43.1 Å². The molecule has 128 valence electrons. The molecule has 0 atom stereocenters. The summed E-state index contributed by atoms with van der Waals surface area (Å²) in [4.78, 5) is 15.5. The molecule has 1 aliphatic rings. The molecule has 1 aromatic rings. The minimum atomic E-state index is -0.152. The lowest BCUT2D eigenvalue weighted by Crippen LogP contribution is -2.47. The molecular weight excluding hydrogens is 292 g/mol. The van der Waals surface area contributed by atoms with Crippen LogP contribution in [0, 0.1) is 0 Å². The van der Waals surface area contributed by atoms with Gasteiger partial charge in [0.1, 0.15) is 11.5 Å². The smallest absolute Gasteiger partial charge is 0.219 e. The van der Waals surface area contributed by atoms with Crippen LogP contribution in [0.4, 0.5) is 0 Å². The second kappa shape index (κ2) is 6.79. The molecule has 0 spiro atoms. The first-order valence-electron chi connectivity index (χ1n) is 8.10. The van der Waals surface area contributed by atoms with Crippen LogP contribution in [0.5, 0.6) is 11.5 Å². The Hall–Kier alpha value is -1.75. The summed E-state index contributed by atoms with van der Waals surface area (Å²) in [5.74, 6) is 1.25. The summed E-state index contributed by atoms with van der Waals surface area (Å²) in [6, 6.07) is 3.81. The number of rotatable bonds is 3. The lowest BCUT2D eigenvalue weighted by Gasteiger charge is -2.34. The second-order valence-corrected chi connectivity index (χ2v) is 7.21. The third-order valence-corrected chi connectivity index (χ3v) is 4.42. The van der Waals surface area contributed by atoms with Crippen LogP contribution in [0.3, 0.4) is 0 Å². The van der Waals surface area contributed by atoms with Crippen molar-refractivity contribution in [3.63, 3.8) is 0 Å². The van der Waals surface area contributed by atoms with Gasteiger partial charge < -0.3 is 14.7 Å². The fourth-order valence-corrected chi connectivity index (χ4v) is 2.94. The van der Waals surface area contributed by atoms with Crippen LogP contribution >= 0.6 is 0 Å². The maximum Gasteiger partial charge on any atom is 0.219 e. The Morgan fingerprint density at radius 1 is 1.22 bits per heavy atom. The summed E-state index contributed by atoms with van der Waals surface area (Å²) in [5.41, 5.74) is 1.63. The van der Waals surface area contributed by atoms with Crippen molar-refractivity contribution >= 4 is 5.91 Å². The number of phenols is 1. The first-order chi connectivity index (χ1) is 10.7. The normalized spacial score (nSPS) is 16.5. The maximum atomic E-state index is 11.4. The number of carbonyl (C=O) groups is 1. The Morgan fingerprint density at radius 3 is 2.30 bits per heavy atom. The largest absolute Gasteiger partial charge is 0.507 e. The van der Waals surface area contributed by atoms with E-state index < -0.39 is 0 Å². The Labute approximate surface area is 138 Å². The van der Waals surface area contributed by atoms with E-state index in [-0.39, 0.29) is 11.3 Å². The van der Waals surface area contributed by atoms with Crippen molar-refractivity contribution in [2.24, 2.45) is 0 Å². The molecule has 1 fully saturated rings. The van der Waals surface area contributed by atoms with Crippen LogP contribution in [-0.4, -0.2) is 54.1 Å². The molecule has 0 aliphatic carbocycles. The molecule has 5 nitrogen and oxygen atoms in total. The molecule has 0 radical (unpaired) electrons. The van der Waals surface area contributed by atoms with E-state index >= 15 is 0 Å². The monoisotopic (exact) mass is 320 g/mol. The van der Waals surface area contributed by atoms with Crippen molar-refractivity contribution < 1.29 is 14.6 Å². The minimum absolute atomic E-state index is 0.129. The highest BCUT2D eigenvalue weighted by atomic mass is 16.5. The fraction of sp³-hybridized carbons (Fsp3) is 0.611. The molecular formula is C18H28N2O3. The van der Waals surface area contributed by atoms with Crippen molar-refractivity contribution in [1.82, 2.24) is 9.80 Å². The quantitative estimate of drug-likeness (QED) is 0.929. The summed E-state index contributed by atoms with van der Waals surface area (Å²) < 4.78 is 5.40. The lowest BCUT2D eigenvalue weighted by molar-refractivity contribution is -0.130. The highest BCUT2D eigenvalue weighted by molar-refractivity contribution is 5.73. The molecule has 5 heteroatoms. The van der Waals surface area contributed by atoms with Gasteiger partial charge in [-0.25, -0.2) is 0 Å². The van der Waals surface area contributed by atoms with Gasteiger partial charge in [0, 0.05) is 50.8 Å².